The summed E-state index contributed by atoms with van der Waals surface area (Å²) in [6.07, 6.45) is 0.349. The number of amides is 2. The minimum atomic E-state index is -0.880. The van der Waals surface area contributed by atoms with Crippen LogP contribution in [0.3, 0.4) is 0 Å². The van der Waals surface area contributed by atoms with E-state index >= 15 is 0 Å². The number of benzene rings is 1. The van der Waals surface area contributed by atoms with E-state index < -0.39 is 34.8 Å². The Hall–Kier alpha value is -2.41. The van der Waals surface area contributed by atoms with Gasteiger partial charge in [0.1, 0.15) is 6.04 Å². The quantitative estimate of drug-likeness (QED) is 0.490. The Labute approximate surface area is 212 Å². The molecule has 0 radical (unpaired) electrons. The average molecular weight is 490 g/mol. The second-order valence-electron chi connectivity index (χ2n) is 12.0. The van der Waals surface area contributed by atoms with E-state index in [2.05, 4.69) is 5.32 Å². The van der Waals surface area contributed by atoms with Crippen LogP contribution in [0, 0.1) is 17.3 Å². The van der Waals surface area contributed by atoms with Crippen LogP contribution in [0.4, 0.5) is 0 Å². The molecule has 2 amide bonds. The Kier molecular flexibility index (Phi) is 10.5. The normalized spacial score (nSPS) is 15.9. The van der Waals surface area contributed by atoms with Crippen molar-refractivity contribution in [3.8, 4) is 0 Å². The lowest BCUT2D eigenvalue weighted by molar-refractivity contribution is -0.145. The van der Waals surface area contributed by atoms with Crippen LogP contribution in [0.15, 0.2) is 30.3 Å². The number of nitrogens with one attached hydrogen (secondary N) is 1. The van der Waals surface area contributed by atoms with E-state index in [4.69, 9.17) is 0 Å². The van der Waals surface area contributed by atoms with Crippen LogP contribution in [-0.4, -0.2) is 72.0 Å². The van der Waals surface area contributed by atoms with E-state index in [1.165, 1.54) is 0 Å². The molecule has 0 aliphatic carbocycles. The molecular weight excluding hydrogens is 442 g/mol. The van der Waals surface area contributed by atoms with Crippen LogP contribution in [0.25, 0.3) is 0 Å². The lowest BCUT2D eigenvalue weighted by Crippen LogP contribution is -2.62. The largest absolute Gasteiger partial charge is 0.481 e. The highest BCUT2D eigenvalue weighted by Crippen LogP contribution is 2.31. The van der Waals surface area contributed by atoms with Crippen LogP contribution in [0.1, 0.15) is 67.4 Å². The van der Waals surface area contributed by atoms with Gasteiger partial charge in [-0.2, -0.15) is 0 Å². The number of carbonyl (C=O) groups is 3. The van der Waals surface area contributed by atoms with Crippen LogP contribution < -0.4 is 5.32 Å². The molecule has 0 aromatic heterocycles. The SMILES string of the molecule is CC(C)[C@H](C[C@@H](C)C(=O)O)N(C)C(=O)[C@@H](NC(=O)[C@@H](N(C)C)C(C)(C)c1ccccc1)C(C)(C)C. The van der Waals surface area contributed by atoms with E-state index in [1.54, 1.807) is 18.9 Å². The maximum absolute atomic E-state index is 13.8. The molecule has 1 rings (SSSR count). The van der Waals surface area contributed by atoms with Gasteiger partial charge in [0.2, 0.25) is 11.8 Å². The standard InChI is InChI=1S/C28H47N3O4/c1-18(2)21(17-19(3)26(34)35)31(11)25(33)22(27(4,5)6)29-24(32)23(30(9)10)28(7,8)20-15-13-12-14-16-20/h12-16,18-19,21-23H,17H2,1-11H3,(H,29,32)(H,34,35)/t19-,21+,22-,23-/m1/s1. The fourth-order valence-corrected chi connectivity index (χ4v) is 4.81. The lowest BCUT2D eigenvalue weighted by atomic mass is 9.76. The minimum Gasteiger partial charge on any atom is -0.481 e. The number of carbonyl (C=O) groups excluding carboxylic acids is 2. The third kappa shape index (κ3) is 7.79. The minimum absolute atomic E-state index is 0.0635. The van der Waals surface area contributed by atoms with Gasteiger partial charge in [-0.3, -0.25) is 19.3 Å². The second-order valence-corrected chi connectivity index (χ2v) is 12.0. The zero-order chi connectivity index (χ0) is 27.3. The molecule has 2 N–H and O–H groups in total. The molecule has 0 aliphatic heterocycles. The first-order valence-corrected chi connectivity index (χ1v) is 12.4. The number of rotatable bonds is 11. The molecule has 0 bridgehead atoms. The summed E-state index contributed by atoms with van der Waals surface area (Å²) >= 11 is 0. The summed E-state index contributed by atoms with van der Waals surface area (Å²) < 4.78 is 0. The molecule has 1 aromatic carbocycles. The zero-order valence-corrected chi connectivity index (χ0v) is 23.5. The van der Waals surface area contributed by atoms with Crippen molar-refractivity contribution in [2.24, 2.45) is 17.3 Å². The van der Waals surface area contributed by atoms with E-state index in [1.807, 2.05) is 97.8 Å². The zero-order valence-electron chi connectivity index (χ0n) is 23.5. The monoisotopic (exact) mass is 489 g/mol. The summed E-state index contributed by atoms with van der Waals surface area (Å²) in [5.41, 5.74) is -0.0228. The Morgan fingerprint density at radius 3 is 1.86 bits per heavy atom. The number of carboxylic acid groups (broad SMARTS) is 1. The number of nitrogens with zero attached hydrogens (tertiary/aromatic N) is 2. The van der Waals surface area contributed by atoms with Crippen molar-refractivity contribution in [2.45, 2.75) is 85.4 Å². The van der Waals surface area contributed by atoms with Crippen molar-refractivity contribution in [2.75, 3.05) is 21.1 Å². The Morgan fingerprint density at radius 2 is 1.46 bits per heavy atom. The fourth-order valence-electron chi connectivity index (χ4n) is 4.81. The van der Waals surface area contributed by atoms with E-state index in [9.17, 15) is 19.5 Å². The van der Waals surface area contributed by atoms with Gasteiger partial charge in [-0.25, -0.2) is 0 Å². The molecule has 0 aliphatic rings. The number of hydrogen-bond donors (Lipinski definition) is 2. The summed E-state index contributed by atoms with van der Waals surface area (Å²) in [7, 11) is 5.46. The molecule has 4 atom stereocenters. The summed E-state index contributed by atoms with van der Waals surface area (Å²) in [5.74, 6) is -1.82. The number of aliphatic carboxylic acids is 1. The average Bonchev–Trinajstić information content (AvgIpc) is 2.73. The predicted octanol–water partition coefficient (Wildman–Crippen LogP) is 4.02. The highest BCUT2D eigenvalue weighted by Gasteiger charge is 2.43. The van der Waals surface area contributed by atoms with Gasteiger partial charge in [-0.15, -0.1) is 0 Å². The summed E-state index contributed by atoms with van der Waals surface area (Å²) in [4.78, 5) is 42.5. The molecule has 0 heterocycles. The van der Waals surface area contributed by atoms with Gasteiger partial charge in [0.05, 0.1) is 12.0 Å². The predicted molar refractivity (Wildman–Crippen MR) is 141 cm³/mol. The van der Waals surface area contributed by atoms with Gasteiger partial charge >= 0.3 is 5.97 Å². The Bertz CT molecular complexity index is 859. The molecular formula is C28H47N3O4. The van der Waals surface area contributed by atoms with Crippen molar-refractivity contribution >= 4 is 17.8 Å². The molecule has 0 fully saturated rings. The molecule has 0 unspecified atom stereocenters. The first kappa shape index (κ1) is 30.6. The number of carboxylic acids is 1. The molecule has 198 valence electrons. The van der Waals surface area contributed by atoms with E-state index in [0.717, 1.165) is 5.56 Å². The third-order valence-corrected chi connectivity index (χ3v) is 7.00. The van der Waals surface area contributed by atoms with E-state index in [0.29, 0.717) is 6.42 Å². The van der Waals surface area contributed by atoms with Crippen LogP contribution in [0.5, 0.6) is 0 Å². The second kappa shape index (κ2) is 12.0. The molecule has 0 saturated carbocycles. The van der Waals surface area contributed by atoms with Crippen LogP contribution in [-0.2, 0) is 19.8 Å². The van der Waals surface area contributed by atoms with Crippen molar-refractivity contribution in [3.05, 3.63) is 35.9 Å². The van der Waals surface area contributed by atoms with Gasteiger partial charge in [-0.1, -0.05) is 85.7 Å². The highest BCUT2D eigenvalue weighted by atomic mass is 16.4. The highest BCUT2D eigenvalue weighted by molar-refractivity contribution is 5.91. The van der Waals surface area contributed by atoms with Crippen molar-refractivity contribution in [1.82, 2.24) is 15.1 Å². The molecule has 0 saturated heterocycles. The van der Waals surface area contributed by atoms with Crippen LogP contribution >= 0.6 is 0 Å². The Balaban J connectivity index is 3.30. The topological polar surface area (TPSA) is 90.0 Å². The Morgan fingerprint density at radius 1 is 0.943 bits per heavy atom. The maximum atomic E-state index is 13.8. The first-order valence-electron chi connectivity index (χ1n) is 12.4. The van der Waals surface area contributed by atoms with Gasteiger partial charge in [0.15, 0.2) is 0 Å². The first-order chi connectivity index (χ1) is 15.9. The summed E-state index contributed by atoms with van der Waals surface area (Å²) in [5, 5.41) is 12.5. The number of likely N-dealkylation sites (N-methyl/N-ethyl adjacent to an activating group) is 2. The van der Waals surface area contributed by atoms with Crippen molar-refractivity contribution < 1.29 is 19.5 Å². The fraction of sp³-hybridized carbons (Fsp3) is 0.679. The molecule has 7 nitrogen and oxygen atoms in total. The van der Waals surface area contributed by atoms with Crippen molar-refractivity contribution in [1.29, 1.82) is 0 Å². The molecule has 35 heavy (non-hydrogen) atoms. The molecule has 7 heteroatoms. The van der Waals surface area contributed by atoms with Crippen molar-refractivity contribution in [3.63, 3.8) is 0 Å². The molecule has 1 aromatic rings. The number of hydrogen-bond acceptors (Lipinski definition) is 4. The molecule has 0 spiro atoms. The third-order valence-electron chi connectivity index (χ3n) is 7.00. The van der Waals surface area contributed by atoms with Crippen LogP contribution in [0.2, 0.25) is 0 Å². The van der Waals surface area contributed by atoms with Gasteiger partial charge < -0.3 is 15.3 Å². The van der Waals surface area contributed by atoms with Gasteiger partial charge in [0.25, 0.3) is 0 Å². The summed E-state index contributed by atoms with van der Waals surface area (Å²) in [6.45, 7) is 15.5. The smallest absolute Gasteiger partial charge is 0.306 e. The maximum Gasteiger partial charge on any atom is 0.306 e. The van der Waals surface area contributed by atoms with E-state index in [-0.39, 0.29) is 23.8 Å². The van der Waals surface area contributed by atoms with Gasteiger partial charge in [0, 0.05) is 18.5 Å². The summed E-state index contributed by atoms with van der Waals surface area (Å²) in [6, 6.07) is 8.36. The lowest BCUT2D eigenvalue weighted by Gasteiger charge is -2.42. The van der Waals surface area contributed by atoms with Gasteiger partial charge in [-0.05, 0) is 37.4 Å².